The van der Waals surface area contributed by atoms with Gasteiger partial charge in [-0.1, -0.05) is 60.7 Å². The van der Waals surface area contributed by atoms with Crippen molar-refractivity contribution in [3.8, 4) is 0 Å². The highest BCUT2D eigenvalue weighted by atomic mass is 16.3. The Hall–Kier alpha value is -2.99. The van der Waals surface area contributed by atoms with Gasteiger partial charge in [-0.25, -0.2) is 9.67 Å². The number of carbonyl (C=O) groups excluding carboxylic acids is 1. The van der Waals surface area contributed by atoms with Gasteiger partial charge < -0.3 is 10.0 Å². The summed E-state index contributed by atoms with van der Waals surface area (Å²) in [7, 11) is 1.72. The minimum absolute atomic E-state index is 0.124. The summed E-state index contributed by atoms with van der Waals surface area (Å²) in [5.74, 6) is -0.129. The van der Waals surface area contributed by atoms with E-state index >= 15 is 0 Å². The molecule has 6 nitrogen and oxygen atoms in total. The first-order valence-electron chi connectivity index (χ1n) is 8.05. The lowest BCUT2D eigenvalue weighted by Crippen LogP contribution is -2.27. The van der Waals surface area contributed by atoms with E-state index in [2.05, 4.69) is 10.1 Å². The molecule has 6 heteroatoms. The molecule has 1 heterocycles. The third kappa shape index (κ3) is 4.30. The van der Waals surface area contributed by atoms with Gasteiger partial charge in [-0.3, -0.25) is 4.79 Å². The molecule has 0 aliphatic rings. The van der Waals surface area contributed by atoms with Crippen molar-refractivity contribution in [1.82, 2.24) is 19.7 Å². The number of amides is 1. The molecule has 0 radical (unpaired) electrons. The van der Waals surface area contributed by atoms with Crippen LogP contribution in [0, 0.1) is 0 Å². The van der Waals surface area contributed by atoms with Crippen LogP contribution in [-0.4, -0.2) is 37.7 Å². The van der Waals surface area contributed by atoms with E-state index in [0.29, 0.717) is 6.54 Å². The molecular weight excluding hydrogens is 316 g/mol. The quantitative estimate of drug-likeness (QED) is 0.750. The second-order valence-electron chi connectivity index (χ2n) is 5.86. The first-order chi connectivity index (χ1) is 12.1. The number of carbonyl (C=O) groups is 1. The van der Waals surface area contributed by atoms with Crippen molar-refractivity contribution < 1.29 is 9.90 Å². The molecule has 25 heavy (non-hydrogen) atoms. The van der Waals surface area contributed by atoms with Gasteiger partial charge in [0.15, 0.2) is 0 Å². The van der Waals surface area contributed by atoms with E-state index in [1.54, 1.807) is 11.9 Å². The van der Waals surface area contributed by atoms with Gasteiger partial charge in [0.05, 0.1) is 12.6 Å². The van der Waals surface area contributed by atoms with Crippen molar-refractivity contribution in [2.75, 3.05) is 7.05 Å². The SMILES string of the molecule is CN(Cc1ccccc1)C(=O)c1ncn(C[C@H](O)c2ccccc2)n1. The van der Waals surface area contributed by atoms with Crippen LogP contribution in [0.3, 0.4) is 0 Å². The lowest BCUT2D eigenvalue weighted by atomic mass is 10.1. The second-order valence-corrected chi connectivity index (χ2v) is 5.86. The minimum atomic E-state index is -0.701. The van der Waals surface area contributed by atoms with E-state index < -0.39 is 6.10 Å². The molecule has 0 fully saturated rings. The maximum atomic E-state index is 12.4. The van der Waals surface area contributed by atoms with Crippen LogP contribution < -0.4 is 0 Å². The summed E-state index contributed by atoms with van der Waals surface area (Å²) in [5, 5.41) is 14.4. The third-order valence-electron chi connectivity index (χ3n) is 3.88. The number of benzene rings is 2. The molecular formula is C19H20N4O2. The maximum absolute atomic E-state index is 12.4. The summed E-state index contributed by atoms with van der Waals surface area (Å²) >= 11 is 0. The van der Waals surface area contributed by atoms with Crippen LogP contribution in [0.5, 0.6) is 0 Å². The number of rotatable bonds is 6. The molecule has 2 aromatic carbocycles. The van der Waals surface area contributed by atoms with Crippen molar-refractivity contribution >= 4 is 5.91 Å². The average molecular weight is 336 g/mol. The standard InChI is InChI=1S/C19H20N4O2/c1-22(12-15-8-4-2-5-9-15)19(25)18-20-14-23(21-18)13-17(24)16-10-6-3-7-11-16/h2-11,14,17,24H,12-13H2,1H3/t17-/m0/s1. The number of nitrogens with zero attached hydrogens (tertiary/aromatic N) is 4. The summed E-state index contributed by atoms with van der Waals surface area (Å²) in [4.78, 5) is 18.1. The molecule has 1 N–H and O–H groups in total. The predicted molar refractivity (Wildman–Crippen MR) is 93.7 cm³/mol. The van der Waals surface area contributed by atoms with Crippen LogP contribution in [-0.2, 0) is 13.1 Å². The monoisotopic (exact) mass is 336 g/mol. The van der Waals surface area contributed by atoms with Gasteiger partial charge in [0.1, 0.15) is 6.33 Å². The normalized spacial score (nSPS) is 11.9. The number of hydrogen-bond donors (Lipinski definition) is 1. The number of hydrogen-bond acceptors (Lipinski definition) is 4. The van der Waals surface area contributed by atoms with Crippen LogP contribution in [0.25, 0.3) is 0 Å². The molecule has 0 saturated heterocycles. The lowest BCUT2D eigenvalue weighted by molar-refractivity contribution is 0.0771. The Bertz CT molecular complexity index is 818. The summed E-state index contributed by atoms with van der Waals surface area (Å²) in [6.07, 6.45) is 0.767. The van der Waals surface area contributed by atoms with E-state index in [-0.39, 0.29) is 18.3 Å². The van der Waals surface area contributed by atoms with Gasteiger partial charge in [-0.2, -0.15) is 0 Å². The Balaban J connectivity index is 1.63. The zero-order valence-corrected chi connectivity index (χ0v) is 14.0. The fourth-order valence-electron chi connectivity index (χ4n) is 2.54. The Morgan fingerprint density at radius 3 is 2.44 bits per heavy atom. The van der Waals surface area contributed by atoms with E-state index in [4.69, 9.17) is 0 Å². The topological polar surface area (TPSA) is 71.2 Å². The smallest absolute Gasteiger partial charge is 0.293 e. The maximum Gasteiger partial charge on any atom is 0.293 e. The van der Waals surface area contributed by atoms with Crippen LogP contribution >= 0.6 is 0 Å². The Morgan fingerprint density at radius 2 is 1.76 bits per heavy atom. The van der Waals surface area contributed by atoms with Gasteiger partial charge in [0.2, 0.25) is 5.82 Å². The van der Waals surface area contributed by atoms with Gasteiger partial charge >= 0.3 is 0 Å². The third-order valence-corrected chi connectivity index (χ3v) is 3.88. The molecule has 0 bridgehead atoms. The minimum Gasteiger partial charge on any atom is -0.386 e. The molecule has 1 amide bonds. The van der Waals surface area contributed by atoms with Gasteiger partial charge in [-0.15, -0.1) is 5.10 Å². The highest BCUT2D eigenvalue weighted by Gasteiger charge is 2.18. The molecule has 0 aliphatic heterocycles. The number of aliphatic hydroxyl groups is 1. The Morgan fingerprint density at radius 1 is 1.12 bits per heavy atom. The summed E-state index contributed by atoms with van der Waals surface area (Å²) in [6.45, 7) is 0.730. The van der Waals surface area contributed by atoms with E-state index in [1.165, 1.54) is 11.0 Å². The number of aromatic nitrogens is 3. The Kier molecular flexibility index (Phi) is 5.20. The van der Waals surface area contributed by atoms with Crippen molar-refractivity contribution in [2.24, 2.45) is 0 Å². The molecule has 3 rings (SSSR count). The van der Waals surface area contributed by atoms with E-state index in [1.807, 2.05) is 60.7 Å². The lowest BCUT2D eigenvalue weighted by Gasteiger charge is -2.15. The van der Waals surface area contributed by atoms with Crippen molar-refractivity contribution in [1.29, 1.82) is 0 Å². The van der Waals surface area contributed by atoms with E-state index in [0.717, 1.165) is 11.1 Å². The molecule has 0 unspecified atom stereocenters. The van der Waals surface area contributed by atoms with Crippen LogP contribution in [0.1, 0.15) is 27.8 Å². The zero-order chi connectivity index (χ0) is 17.6. The predicted octanol–water partition coefficient (Wildman–Crippen LogP) is 2.28. The average Bonchev–Trinajstić information content (AvgIpc) is 3.11. The molecule has 1 atom stereocenters. The van der Waals surface area contributed by atoms with Gasteiger partial charge in [0.25, 0.3) is 5.91 Å². The number of aliphatic hydroxyl groups excluding tert-OH is 1. The zero-order valence-electron chi connectivity index (χ0n) is 14.0. The van der Waals surface area contributed by atoms with Crippen molar-refractivity contribution in [2.45, 2.75) is 19.2 Å². The van der Waals surface area contributed by atoms with Crippen LogP contribution in [0.15, 0.2) is 67.0 Å². The second kappa shape index (κ2) is 7.72. The fraction of sp³-hybridized carbons (Fsp3) is 0.211. The summed E-state index contributed by atoms with van der Waals surface area (Å²) in [5.41, 5.74) is 1.84. The first-order valence-corrected chi connectivity index (χ1v) is 8.05. The molecule has 128 valence electrons. The molecule has 0 spiro atoms. The fourth-order valence-corrected chi connectivity index (χ4v) is 2.54. The van der Waals surface area contributed by atoms with Crippen molar-refractivity contribution in [3.63, 3.8) is 0 Å². The molecule has 0 saturated carbocycles. The molecule has 0 aliphatic carbocycles. The molecule has 1 aromatic heterocycles. The Labute approximate surface area is 146 Å². The van der Waals surface area contributed by atoms with Crippen LogP contribution in [0.4, 0.5) is 0 Å². The summed E-state index contributed by atoms with van der Waals surface area (Å²) in [6, 6.07) is 19.1. The van der Waals surface area contributed by atoms with Crippen molar-refractivity contribution in [3.05, 3.63) is 83.9 Å². The van der Waals surface area contributed by atoms with Gasteiger partial charge in [-0.05, 0) is 11.1 Å². The highest BCUT2D eigenvalue weighted by molar-refractivity contribution is 5.90. The van der Waals surface area contributed by atoms with Crippen LogP contribution in [0.2, 0.25) is 0 Å². The highest BCUT2D eigenvalue weighted by Crippen LogP contribution is 2.14. The van der Waals surface area contributed by atoms with E-state index in [9.17, 15) is 9.90 Å². The van der Waals surface area contributed by atoms with Gasteiger partial charge in [0, 0.05) is 13.6 Å². The largest absolute Gasteiger partial charge is 0.386 e. The first kappa shape index (κ1) is 16.9. The molecule has 3 aromatic rings. The summed E-state index contributed by atoms with van der Waals surface area (Å²) < 4.78 is 1.49.